The molecule has 0 aliphatic rings. The van der Waals surface area contributed by atoms with E-state index in [0.29, 0.717) is 0 Å². The van der Waals surface area contributed by atoms with Gasteiger partial charge >= 0.3 is 0 Å². The number of pyridine rings is 1. The Morgan fingerprint density at radius 3 is 3.09 bits per heavy atom. The van der Waals surface area contributed by atoms with Crippen molar-refractivity contribution in [3.05, 3.63) is 35.7 Å². The highest BCUT2D eigenvalue weighted by Crippen LogP contribution is 2.06. The highest BCUT2D eigenvalue weighted by Gasteiger charge is 1.87. The number of alkyl halides is 1. The minimum absolute atomic E-state index is 0.919. The second-order valence-electron chi connectivity index (χ2n) is 2.41. The molecule has 0 aliphatic carbocycles. The summed E-state index contributed by atoms with van der Waals surface area (Å²) in [6.45, 7) is 2.09. The van der Waals surface area contributed by atoms with Gasteiger partial charge in [-0.25, -0.2) is 0 Å². The Hall–Kier alpha value is -0.630. The Balaban J connectivity index is 2.79. The molecule has 0 N–H and O–H groups in total. The maximum Gasteiger partial charge on any atom is 0.0340 e. The number of nitrogens with zero attached hydrogens (tertiary/aromatic N) is 1. The van der Waals surface area contributed by atoms with Crippen molar-refractivity contribution < 1.29 is 0 Å². The molecule has 0 aliphatic heterocycles. The molecule has 2 heteroatoms. The summed E-state index contributed by atoms with van der Waals surface area (Å²) in [4.78, 5) is 4.01. The zero-order valence-electron chi connectivity index (χ0n) is 6.42. The molecule has 58 valence electrons. The third-order valence-electron chi connectivity index (χ3n) is 1.31. The fourth-order valence-electron chi connectivity index (χ4n) is 0.784. The second-order valence-corrected chi connectivity index (χ2v) is 2.97. The van der Waals surface area contributed by atoms with Crippen LogP contribution in [0, 0.1) is 0 Å². The van der Waals surface area contributed by atoms with Gasteiger partial charge in [-0.05, 0) is 18.6 Å². The summed E-state index contributed by atoms with van der Waals surface area (Å²) >= 11 is 3.38. The average Bonchev–Trinajstić information content (AvgIpc) is 2.06. The summed E-state index contributed by atoms with van der Waals surface area (Å²) in [5, 5.41) is 0.919. The van der Waals surface area contributed by atoms with Crippen LogP contribution in [-0.2, 0) is 0 Å². The highest BCUT2D eigenvalue weighted by molar-refractivity contribution is 9.09. The van der Waals surface area contributed by atoms with Crippen LogP contribution in [0.25, 0.3) is 6.08 Å². The quantitative estimate of drug-likeness (QED) is 0.687. The van der Waals surface area contributed by atoms with Crippen molar-refractivity contribution in [1.82, 2.24) is 4.98 Å². The molecule has 0 aromatic carbocycles. The Bertz CT molecular complexity index is 241. The average molecular weight is 212 g/mol. The molecule has 0 bridgehead atoms. The van der Waals surface area contributed by atoms with Crippen molar-refractivity contribution in [2.24, 2.45) is 0 Å². The summed E-state index contributed by atoms with van der Waals surface area (Å²) in [5.74, 6) is 0. The van der Waals surface area contributed by atoms with E-state index in [0.717, 1.165) is 10.9 Å². The summed E-state index contributed by atoms with van der Waals surface area (Å²) in [6, 6.07) is 3.98. The Kier molecular flexibility index (Phi) is 3.30. The van der Waals surface area contributed by atoms with Gasteiger partial charge in [0.05, 0.1) is 0 Å². The van der Waals surface area contributed by atoms with Gasteiger partial charge in [0.15, 0.2) is 0 Å². The number of hydrogen-bond donors (Lipinski definition) is 0. The van der Waals surface area contributed by atoms with Crippen LogP contribution in [0.1, 0.15) is 12.5 Å². The van der Waals surface area contributed by atoms with Gasteiger partial charge in [-0.15, -0.1) is 0 Å². The smallest absolute Gasteiger partial charge is 0.0340 e. The van der Waals surface area contributed by atoms with Gasteiger partial charge in [0.2, 0.25) is 0 Å². The van der Waals surface area contributed by atoms with Crippen molar-refractivity contribution in [1.29, 1.82) is 0 Å². The molecule has 0 atom stereocenters. The third kappa shape index (κ3) is 2.85. The Morgan fingerprint density at radius 1 is 1.73 bits per heavy atom. The fraction of sp³-hybridized carbons (Fsp3) is 0.222. The summed E-state index contributed by atoms with van der Waals surface area (Å²) < 4.78 is 0. The number of rotatable bonds is 2. The normalized spacial score (nSPS) is 11.6. The largest absolute Gasteiger partial charge is 0.264 e. The van der Waals surface area contributed by atoms with E-state index in [1.165, 1.54) is 5.57 Å². The molecule has 0 fully saturated rings. The highest BCUT2D eigenvalue weighted by atomic mass is 79.9. The lowest BCUT2D eigenvalue weighted by Gasteiger charge is -1.93. The number of halogens is 1. The molecule has 0 saturated heterocycles. The Morgan fingerprint density at radius 2 is 2.55 bits per heavy atom. The van der Waals surface area contributed by atoms with Crippen molar-refractivity contribution in [2.45, 2.75) is 6.92 Å². The first-order valence-corrected chi connectivity index (χ1v) is 4.58. The number of hydrogen-bond acceptors (Lipinski definition) is 1. The lowest BCUT2D eigenvalue weighted by molar-refractivity contribution is 1.31. The number of allylic oxidation sites excluding steroid dienone is 1. The lowest BCUT2D eigenvalue weighted by atomic mass is 10.2. The van der Waals surface area contributed by atoms with Crippen molar-refractivity contribution >= 4 is 22.0 Å². The molecule has 1 rings (SSSR count). The van der Waals surface area contributed by atoms with Gasteiger partial charge in [0, 0.05) is 17.7 Å². The molecular weight excluding hydrogens is 202 g/mol. The summed E-state index contributed by atoms with van der Waals surface area (Å²) in [7, 11) is 0. The van der Waals surface area contributed by atoms with E-state index in [-0.39, 0.29) is 0 Å². The molecule has 1 nitrogen and oxygen atoms in total. The maximum atomic E-state index is 4.01. The molecule has 0 saturated carbocycles. The van der Waals surface area contributed by atoms with E-state index >= 15 is 0 Å². The van der Waals surface area contributed by atoms with Crippen molar-refractivity contribution in [3.8, 4) is 0 Å². The maximum absolute atomic E-state index is 4.01. The van der Waals surface area contributed by atoms with E-state index in [4.69, 9.17) is 0 Å². The minimum Gasteiger partial charge on any atom is -0.264 e. The van der Waals surface area contributed by atoms with Crippen LogP contribution in [0.5, 0.6) is 0 Å². The van der Waals surface area contributed by atoms with Gasteiger partial charge in [-0.3, -0.25) is 4.98 Å². The first-order chi connectivity index (χ1) is 5.33. The first-order valence-electron chi connectivity index (χ1n) is 3.46. The van der Waals surface area contributed by atoms with Crippen molar-refractivity contribution in [3.63, 3.8) is 0 Å². The predicted octanol–water partition coefficient (Wildman–Crippen LogP) is 2.88. The molecule has 0 amide bonds. The van der Waals surface area contributed by atoms with Crippen LogP contribution in [0.15, 0.2) is 30.1 Å². The molecule has 11 heavy (non-hydrogen) atoms. The third-order valence-corrected chi connectivity index (χ3v) is 2.19. The second kappa shape index (κ2) is 4.29. The van der Waals surface area contributed by atoms with E-state index in [9.17, 15) is 0 Å². The molecule has 0 radical (unpaired) electrons. The minimum atomic E-state index is 0.919. The molecule has 0 unspecified atom stereocenters. The predicted molar refractivity (Wildman–Crippen MR) is 51.7 cm³/mol. The van der Waals surface area contributed by atoms with E-state index in [2.05, 4.69) is 33.9 Å². The lowest BCUT2D eigenvalue weighted by Crippen LogP contribution is -1.78. The molecular formula is C9H10BrN. The van der Waals surface area contributed by atoms with Crippen LogP contribution >= 0.6 is 15.9 Å². The van der Waals surface area contributed by atoms with Crippen LogP contribution < -0.4 is 0 Å². The van der Waals surface area contributed by atoms with Gasteiger partial charge in [-0.2, -0.15) is 0 Å². The topological polar surface area (TPSA) is 12.9 Å². The van der Waals surface area contributed by atoms with E-state index < -0.39 is 0 Å². The first kappa shape index (κ1) is 8.47. The van der Waals surface area contributed by atoms with Gasteiger partial charge in [0.1, 0.15) is 0 Å². The van der Waals surface area contributed by atoms with Crippen LogP contribution in [0.3, 0.4) is 0 Å². The van der Waals surface area contributed by atoms with Gasteiger partial charge in [-0.1, -0.05) is 33.6 Å². The van der Waals surface area contributed by atoms with E-state index in [1.807, 2.05) is 18.3 Å². The Labute approximate surface area is 75.3 Å². The summed E-state index contributed by atoms with van der Waals surface area (Å²) in [5.41, 5.74) is 2.46. The van der Waals surface area contributed by atoms with Crippen LogP contribution in [-0.4, -0.2) is 10.3 Å². The molecule has 0 spiro atoms. The molecule has 1 aromatic heterocycles. The van der Waals surface area contributed by atoms with Crippen molar-refractivity contribution in [2.75, 3.05) is 5.33 Å². The standard InChI is InChI=1S/C9H10BrN/c1-8(6-10)5-9-3-2-4-11-7-9/h2-5,7H,6H2,1H3. The van der Waals surface area contributed by atoms with Crippen LogP contribution in [0.2, 0.25) is 0 Å². The zero-order valence-corrected chi connectivity index (χ0v) is 8.01. The van der Waals surface area contributed by atoms with Crippen LogP contribution in [0.4, 0.5) is 0 Å². The summed E-state index contributed by atoms with van der Waals surface area (Å²) in [6.07, 6.45) is 5.74. The zero-order chi connectivity index (χ0) is 8.10. The number of aromatic nitrogens is 1. The molecule has 1 heterocycles. The monoisotopic (exact) mass is 211 g/mol. The molecule has 1 aromatic rings. The SMILES string of the molecule is CC(=Cc1cccnc1)CBr. The fourth-order valence-corrected chi connectivity index (χ4v) is 0.946. The van der Waals surface area contributed by atoms with E-state index in [1.54, 1.807) is 6.20 Å². The van der Waals surface area contributed by atoms with Gasteiger partial charge in [0.25, 0.3) is 0 Å². The van der Waals surface area contributed by atoms with Gasteiger partial charge < -0.3 is 0 Å².